The van der Waals surface area contributed by atoms with Crippen LogP contribution in [0.1, 0.15) is 13.3 Å². The topological polar surface area (TPSA) is 39.1 Å². The first-order valence-electron chi connectivity index (χ1n) is 4.19. The maximum Gasteiger partial charge on any atom is 0.0638 e. The van der Waals surface area contributed by atoms with Gasteiger partial charge in [-0.2, -0.15) is 5.26 Å². The molecular formula is C8H15N3. The van der Waals surface area contributed by atoms with Crippen LogP contribution in [0.3, 0.4) is 0 Å². The van der Waals surface area contributed by atoms with E-state index in [4.69, 9.17) is 5.26 Å². The third-order valence-corrected chi connectivity index (χ3v) is 2.12. The van der Waals surface area contributed by atoms with Gasteiger partial charge in [-0.15, -0.1) is 0 Å². The molecule has 0 bridgehead atoms. The molecule has 0 aromatic rings. The number of likely N-dealkylation sites (N-methyl/N-ethyl adjacent to an activating group) is 1. The van der Waals surface area contributed by atoms with Crippen molar-refractivity contribution in [3.05, 3.63) is 0 Å². The lowest BCUT2D eigenvalue weighted by atomic mass is 10.1. The number of hydrogen-bond acceptors (Lipinski definition) is 3. The summed E-state index contributed by atoms with van der Waals surface area (Å²) in [6.45, 7) is 6.45. The van der Waals surface area contributed by atoms with E-state index in [1.165, 1.54) is 0 Å². The van der Waals surface area contributed by atoms with Crippen LogP contribution in [0.4, 0.5) is 0 Å². The fraction of sp³-hybridized carbons (Fsp3) is 0.875. The summed E-state index contributed by atoms with van der Waals surface area (Å²) in [5.41, 5.74) is 0. The lowest BCUT2D eigenvalue weighted by Crippen LogP contribution is -2.50. The lowest BCUT2D eigenvalue weighted by molar-refractivity contribution is 0.210. The number of rotatable bonds is 2. The molecule has 1 atom stereocenters. The standard InChI is InChI=1S/C8H15N3/c1-2-11-6-5-10-8(7-11)3-4-9/h8,10H,2-3,5-7H2,1H3. The summed E-state index contributed by atoms with van der Waals surface area (Å²) in [6, 6.07) is 2.59. The molecule has 1 saturated heterocycles. The third-order valence-electron chi connectivity index (χ3n) is 2.12. The quantitative estimate of drug-likeness (QED) is 0.615. The van der Waals surface area contributed by atoms with Gasteiger partial charge in [-0.05, 0) is 6.54 Å². The van der Waals surface area contributed by atoms with Gasteiger partial charge >= 0.3 is 0 Å². The van der Waals surface area contributed by atoms with Crippen molar-refractivity contribution >= 4 is 0 Å². The Balaban J connectivity index is 2.28. The summed E-state index contributed by atoms with van der Waals surface area (Å²) in [7, 11) is 0. The first-order chi connectivity index (χ1) is 5.36. The Morgan fingerprint density at radius 2 is 2.55 bits per heavy atom. The van der Waals surface area contributed by atoms with E-state index in [0.29, 0.717) is 12.5 Å². The van der Waals surface area contributed by atoms with Gasteiger partial charge in [0, 0.05) is 25.7 Å². The number of nitriles is 1. The lowest BCUT2D eigenvalue weighted by Gasteiger charge is -2.31. The van der Waals surface area contributed by atoms with E-state index in [1.807, 2.05) is 0 Å². The van der Waals surface area contributed by atoms with Crippen molar-refractivity contribution in [1.29, 1.82) is 5.26 Å². The first kappa shape index (κ1) is 8.51. The molecule has 11 heavy (non-hydrogen) atoms. The van der Waals surface area contributed by atoms with E-state index in [0.717, 1.165) is 26.2 Å². The van der Waals surface area contributed by atoms with Crippen LogP contribution >= 0.6 is 0 Å². The average Bonchev–Trinajstić information content (AvgIpc) is 2.06. The highest BCUT2D eigenvalue weighted by Gasteiger charge is 2.16. The Bertz CT molecular complexity index is 150. The normalized spacial score (nSPS) is 26.4. The Kier molecular flexibility index (Phi) is 3.34. The molecule has 0 spiro atoms. The van der Waals surface area contributed by atoms with Crippen LogP contribution in [0.15, 0.2) is 0 Å². The number of piperazine rings is 1. The Labute approximate surface area is 68.0 Å². The van der Waals surface area contributed by atoms with E-state index in [-0.39, 0.29) is 0 Å². The number of nitrogens with one attached hydrogen (secondary N) is 1. The Hall–Kier alpha value is -0.590. The molecule has 62 valence electrons. The van der Waals surface area contributed by atoms with Gasteiger partial charge in [0.15, 0.2) is 0 Å². The SMILES string of the molecule is CCN1CCNC(CC#N)C1. The van der Waals surface area contributed by atoms with E-state index >= 15 is 0 Å². The largest absolute Gasteiger partial charge is 0.310 e. The van der Waals surface area contributed by atoms with E-state index in [2.05, 4.69) is 23.2 Å². The fourth-order valence-electron chi connectivity index (χ4n) is 1.43. The zero-order valence-corrected chi connectivity index (χ0v) is 7.01. The van der Waals surface area contributed by atoms with Gasteiger partial charge in [-0.1, -0.05) is 6.92 Å². The van der Waals surface area contributed by atoms with Crippen LogP contribution in [-0.2, 0) is 0 Å². The van der Waals surface area contributed by atoms with Gasteiger partial charge in [0.1, 0.15) is 0 Å². The summed E-state index contributed by atoms with van der Waals surface area (Å²) in [5.74, 6) is 0. The molecule has 1 N–H and O–H groups in total. The highest BCUT2D eigenvalue weighted by Crippen LogP contribution is 2.00. The summed E-state index contributed by atoms with van der Waals surface area (Å²) in [6.07, 6.45) is 0.635. The fourth-order valence-corrected chi connectivity index (χ4v) is 1.43. The van der Waals surface area contributed by atoms with Crippen molar-refractivity contribution in [1.82, 2.24) is 10.2 Å². The van der Waals surface area contributed by atoms with Crippen LogP contribution < -0.4 is 5.32 Å². The molecule has 0 radical (unpaired) electrons. The zero-order valence-electron chi connectivity index (χ0n) is 7.01. The van der Waals surface area contributed by atoms with Crippen molar-refractivity contribution in [2.45, 2.75) is 19.4 Å². The van der Waals surface area contributed by atoms with Gasteiger partial charge < -0.3 is 10.2 Å². The second-order valence-electron chi connectivity index (χ2n) is 2.91. The second-order valence-corrected chi connectivity index (χ2v) is 2.91. The summed E-state index contributed by atoms with van der Waals surface area (Å²) in [4.78, 5) is 2.37. The molecule has 1 heterocycles. The van der Waals surface area contributed by atoms with Crippen LogP contribution in [0.25, 0.3) is 0 Å². The van der Waals surface area contributed by atoms with Crippen LogP contribution in [0, 0.1) is 11.3 Å². The van der Waals surface area contributed by atoms with Crippen LogP contribution in [0.2, 0.25) is 0 Å². The molecule has 1 unspecified atom stereocenters. The maximum absolute atomic E-state index is 8.47. The monoisotopic (exact) mass is 153 g/mol. The van der Waals surface area contributed by atoms with Crippen molar-refractivity contribution in [3.8, 4) is 6.07 Å². The predicted molar refractivity (Wildman–Crippen MR) is 44.1 cm³/mol. The molecule has 3 heteroatoms. The molecule has 3 nitrogen and oxygen atoms in total. The molecule has 1 fully saturated rings. The molecular weight excluding hydrogens is 138 g/mol. The van der Waals surface area contributed by atoms with Gasteiger partial charge in [-0.25, -0.2) is 0 Å². The summed E-state index contributed by atoms with van der Waals surface area (Å²) in [5, 5.41) is 11.8. The predicted octanol–water partition coefficient (Wildman–Crippen LogP) is 0.194. The number of hydrogen-bond donors (Lipinski definition) is 1. The second kappa shape index (κ2) is 4.32. The van der Waals surface area contributed by atoms with Gasteiger partial charge in [-0.3, -0.25) is 0 Å². The van der Waals surface area contributed by atoms with Crippen molar-refractivity contribution in [2.75, 3.05) is 26.2 Å². The number of nitrogens with zero attached hydrogens (tertiary/aromatic N) is 2. The van der Waals surface area contributed by atoms with Gasteiger partial charge in [0.05, 0.1) is 12.5 Å². The molecule has 1 aliphatic rings. The molecule has 0 aliphatic carbocycles. The minimum absolute atomic E-state index is 0.397. The van der Waals surface area contributed by atoms with Gasteiger partial charge in [0.2, 0.25) is 0 Å². The van der Waals surface area contributed by atoms with Crippen molar-refractivity contribution in [3.63, 3.8) is 0 Å². The van der Waals surface area contributed by atoms with E-state index in [1.54, 1.807) is 0 Å². The van der Waals surface area contributed by atoms with Crippen LogP contribution in [-0.4, -0.2) is 37.1 Å². The Morgan fingerprint density at radius 1 is 1.73 bits per heavy atom. The molecule has 0 amide bonds. The summed E-state index contributed by atoms with van der Waals surface area (Å²) >= 11 is 0. The summed E-state index contributed by atoms with van der Waals surface area (Å²) < 4.78 is 0. The highest BCUT2D eigenvalue weighted by molar-refractivity contribution is 4.85. The smallest absolute Gasteiger partial charge is 0.0638 e. The van der Waals surface area contributed by atoms with Crippen molar-refractivity contribution in [2.24, 2.45) is 0 Å². The maximum atomic E-state index is 8.47. The Morgan fingerprint density at radius 3 is 3.18 bits per heavy atom. The van der Waals surface area contributed by atoms with Crippen molar-refractivity contribution < 1.29 is 0 Å². The van der Waals surface area contributed by atoms with E-state index < -0.39 is 0 Å². The minimum atomic E-state index is 0.397. The molecule has 0 aromatic heterocycles. The molecule has 1 rings (SSSR count). The third kappa shape index (κ3) is 2.49. The first-order valence-corrected chi connectivity index (χ1v) is 4.19. The molecule has 0 saturated carbocycles. The van der Waals surface area contributed by atoms with E-state index in [9.17, 15) is 0 Å². The van der Waals surface area contributed by atoms with Crippen LogP contribution in [0.5, 0.6) is 0 Å². The van der Waals surface area contributed by atoms with Gasteiger partial charge in [0.25, 0.3) is 0 Å². The average molecular weight is 153 g/mol. The molecule has 0 aromatic carbocycles. The highest BCUT2D eigenvalue weighted by atomic mass is 15.2. The molecule has 1 aliphatic heterocycles. The minimum Gasteiger partial charge on any atom is -0.310 e. The zero-order chi connectivity index (χ0) is 8.10.